The summed E-state index contributed by atoms with van der Waals surface area (Å²) in [6.45, 7) is 2.30. The van der Waals surface area contributed by atoms with E-state index >= 15 is 0 Å². The Morgan fingerprint density at radius 3 is 3.00 bits per heavy atom. The van der Waals surface area contributed by atoms with Crippen LogP contribution in [0.3, 0.4) is 0 Å². The van der Waals surface area contributed by atoms with Crippen LogP contribution >= 0.6 is 0 Å². The maximum atomic E-state index is 4.49. The minimum atomic E-state index is 0.484. The fraction of sp³-hybridized carbons (Fsp3) is 0.583. The van der Waals surface area contributed by atoms with Crippen LogP contribution in [-0.2, 0) is 0 Å². The van der Waals surface area contributed by atoms with Crippen LogP contribution in [0.25, 0.3) is 0 Å². The predicted molar refractivity (Wildman–Crippen MR) is 61.7 cm³/mol. The molecule has 0 saturated carbocycles. The van der Waals surface area contributed by atoms with Crippen LogP contribution < -0.4 is 5.43 Å². The van der Waals surface area contributed by atoms with E-state index < -0.39 is 0 Å². The van der Waals surface area contributed by atoms with Crippen molar-refractivity contribution >= 4 is 5.71 Å². The monoisotopic (exact) mass is 203 g/mol. The number of nitrogens with one attached hydrogen (secondary N) is 1. The normalized spacial score (nSPS) is 35.4. The second-order valence-electron chi connectivity index (χ2n) is 4.72. The van der Waals surface area contributed by atoms with Gasteiger partial charge in [-0.15, -0.1) is 0 Å². The fourth-order valence-corrected chi connectivity index (χ4v) is 2.77. The standard InChI is InChI=1S/C12H17N3/c1-15-7-6-11-10(8-15)12(14-13-11)9-4-2-3-5-9/h2-5,9-10,12,14H,6-8H2,1H3. The number of hydrogen-bond acceptors (Lipinski definition) is 3. The molecule has 3 rings (SSSR count). The van der Waals surface area contributed by atoms with E-state index in [9.17, 15) is 0 Å². The molecule has 1 aliphatic carbocycles. The molecule has 80 valence electrons. The highest BCUT2D eigenvalue weighted by Gasteiger charge is 2.38. The SMILES string of the molecule is CN1CCC2=NNC(C3C=CC=C3)C2C1. The first-order valence-corrected chi connectivity index (χ1v) is 5.70. The third kappa shape index (κ3) is 1.51. The van der Waals surface area contributed by atoms with Crippen molar-refractivity contribution < 1.29 is 0 Å². The summed E-state index contributed by atoms with van der Waals surface area (Å²) in [6.07, 6.45) is 9.94. The third-order valence-corrected chi connectivity index (χ3v) is 3.67. The Labute approximate surface area is 90.5 Å². The van der Waals surface area contributed by atoms with Crippen molar-refractivity contribution in [3.05, 3.63) is 24.3 Å². The number of hydrogen-bond donors (Lipinski definition) is 1. The summed E-state index contributed by atoms with van der Waals surface area (Å²) in [5.74, 6) is 1.14. The first-order valence-electron chi connectivity index (χ1n) is 5.70. The van der Waals surface area contributed by atoms with E-state index in [1.54, 1.807) is 0 Å². The van der Waals surface area contributed by atoms with Gasteiger partial charge < -0.3 is 10.3 Å². The van der Waals surface area contributed by atoms with Gasteiger partial charge in [0, 0.05) is 37.1 Å². The van der Waals surface area contributed by atoms with Gasteiger partial charge in [-0.05, 0) is 7.05 Å². The summed E-state index contributed by atoms with van der Waals surface area (Å²) in [5, 5.41) is 4.49. The molecule has 0 aromatic carbocycles. The van der Waals surface area contributed by atoms with Crippen LogP contribution in [-0.4, -0.2) is 36.8 Å². The van der Waals surface area contributed by atoms with Gasteiger partial charge in [-0.1, -0.05) is 24.3 Å². The third-order valence-electron chi connectivity index (χ3n) is 3.67. The Balaban J connectivity index is 1.77. The van der Waals surface area contributed by atoms with Crippen LogP contribution in [0.4, 0.5) is 0 Å². The fourth-order valence-electron chi connectivity index (χ4n) is 2.77. The smallest absolute Gasteiger partial charge is 0.0630 e. The van der Waals surface area contributed by atoms with Crippen molar-refractivity contribution in [2.24, 2.45) is 16.9 Å². The molecule has 0 aromatic rings. The van der Waals surface area contributed by atoms with Crippen molar-refractivity contribution in [3.63, 3.8) is 0 Å². The molecule has 0 amide bonds. The highest BCUT2D eigenvalue weighted by molar-refractivity contribution is 5.89. The summed E-state index contributed by atoms with van der Waals surface area (Å²) < 4.78 is 0. The van der Waals surface area contributed by atoms with Crippen LogP contribution in [0.5, 0.6) is 0 Å². The number of allylic oxidation sites excluding steroid dienone is 2. The largest absolute Gasteiger partial charge is 0.305 e. The molecule has 1 saturated heterocycles. The Morgan fingerprint density at radius 2 is 2.20 bits per heavy atom. The van der Waals surface area contributed by atoms with E-state index in [1.165, 1.54) is 5.71 Å². The molecule has 2 unspecified atom stereocenters. The summed E-state index contributed by atoms with van der Waals surface area (Å²) in [5.41, 5.74) is 4.70. The van der Waals surface area contributed by atoms with Crippen molar-refractivity contribution in [3.8, 4) is 0 Å². The molecule has 2 aliphatic heterocycles. The maximum absolute atomic E-state index is 4.49. The molecule has 1 fully saturated rings. The zero-order chi connectivity index (χ0) is 10.3. The van der Waals surface area contributed by atoms with E-state index in [1.807, 2.05) is 0 Å². The molecule has 3 nitrogen and oxygen atoms in total. The second kappa shape index (κ2) is 3.49. The van der Waals surface area contributed by atoms with Crippen LogP contribution in [0.15, 0.2) is 29.4 Å². The highest BCUT2D eigenvalue weighted by atomic mass is 15.4. The van der Waals surface area contributed by atoms with Gasteiger partial charge in [-0.25, -0.2) is 0 Å². The van der Waals surface area contributed by atoms with E-state index in [0.29, 0.717) is 17.9 Å². The van der Waals surface area contributed by atoms with Crippen LogP contribution in [0, 0.1) is 11.8 Å². The summed E-state index contributed by atoms with van der Waals surface area (Å²) in [6, 6.07) is 0.484. The van der Waals surface area contributed by atoms with Crippen molar-refractivity contribution in [2.45, 2.75) is 12.5 Å². The molecule has 0 radical (unpaired) electrons. The average molecular weight is 203 g/mol. The molecule has 1 N–H and O–H groups in total. The van der Waals surface area contributed by atoms with Gasteiger partial charge in [0.25, 0.3) is 0 Å². The molecular formula is C12H17N3. The van der Waals surface area contributed by atoms with Gasteiger partial charge in [0.1, 0.15) is 0 Å². The first-order chi connectivity index (χ1) is 7.34. The Morgan fingerprint density at radius 1 is 1.40 bits per heavy atom. The van der Waals surface area contributed by atoms with Crippen molar-refractivity contribution in [1.82, 2.24) is 10.3 Å². The molecule has 0 bridgehead atoms. The molecule has 15 heavy (non-hydrogen) atoms. The van der Waals surface area contributed by atoms with Gasteiger partial charge in [-0.3, -0.25) is 0 Å². The predicted octanol–water partition coefficient (Wildman–Crippen LogP) is 1.01. The van der Waals surface area contributed by atoms with E-state index in [-0.39, 0.29) is 0 Å². The first kappa shape index (κ1) is 9.16. The summed E-state index contributed by atoms with van der Waals surface area (Å²) in [7, 11) is 2.20. The molecule has 0 spiro atoms. The zero-order valence-electron chi connectivity index (χ0n) is 9.06. The van der Waals surface area contributed by atoms with E-state index in [0.717, 1.165) is 19.5 Å². The summed E-state index contributed by atoms with van der Waals surface area (Å²) in [4.78, 5) is 2.41. The molecule has 2 heterocycles. The Bertz CT molecular complexity index is 331. The Hall–Kier alpha value is -1.09. The lowest BCUT2D eigenvalue weighted by molar-refractivity contribution is 0.261. The Kier molecular flexibility index (Phi) is 2.13. The molecule has 0 aromatic heterocycles. The van der Waals surface area contributed by atoms with Gasteiger partial charge in [0.15, 0.2) is 0 Å². The lowest BCUT2D eigenvalue weighted by Crippen LogP contribution is -2.45. The van der Waals surface area contributed by atoms with Crippen LogP contribution in [0.2, 0.25) is 0 Å². The maximum Gasteiger partial charge on any atom is 0.0630 e. The zero-order valence-corrected chi connectivity index (χ0v) is 9.06. The van der Waals surface area contributed by atoms with Gasteiger partial charge in [0.05, 0.1) is 6.04 Å². The van der Waals surface area contributed by atoms with Crippen molar-refractivity contribution in [2.75, 3.05) is 20.1 Å². The molecular weight excluding hydrogens is 186 g/mol. The molecule has 2 atom stereocenters. The van der Waals surface area contributed by atoms with Gasteiger partial charge in [0.2, 0.25) is 0 Å². The average Bonchev–Trinajstić information content (AvgIpc) is 2.83. The van der Waals surface area contributed by atoms with E-state index in [4.69, 9.17) is 0 Å². The van der Waals surface area contributed by atoms with Crippen LogP contribution in [0.1, 0.15) is 6.42 Å². The lowest BCUT2D eigenvalue weighted by Gasteiger charge is -2.32. The minimum Gasteiger partial charge on any atom is -0.305 e. The molecule has 3 heteroatoms. The van der Waals surface area contributed by atoms with Gasteiger partial charge >= 0.3 is 0 Å². The second-order valence-corrected chi connectivity index (χ2v) is 4.72. The lowest BCUT2D eigenvalue weighted by atomic mass is 9.84. The quantitative estimate of drug-likeness (QED) is 0.688. The summed E-state index contributed by atoms with van der Waals surface area (Å²) >= 11 is 0. The minimum absolute atomic E-state index is 0.484. The van der Waals surface area contributed by atoms with Crippen molar-refractivity contribution in [1.29, 1.82) is 0 Å². The number of fused-ring (bicyclic) bond motifs is 1. The number of piperidine rings is 1. The number of nitrogens with zero attached hydrogens (tertiary/aromatic N) is 2. The van der Waals surface area contributed by atoms with E-state index in [2.05, 4.69) is 46.8 Å². The number of hydrazone groups is 1. The number of rotatable bonds is 1. The van der Waals surface area contributed by atoms with Gasteiger partial charge in [-0.2, -0.15) is 5.10 Å². The molecule has 3 aliphatic rings. The highest BCUT2D eigenvalue weighted by Crippen LogP contribution is 2.28. The topological polar surface area (TPSA) is 27.6 Å². The number of likely N-dealkylation sites (tertiary alicyclic amines) is 1.